The second kappa shape index (κ2) is 5.13. The minimum absolute atomic E-state index is 0.534. The zero-order valence-corrected chi connectivity index (χ0v) is 10.9. The summed E-state index contributed by atoms with van der Waals surface area (Å²) in [5, 5.41) is 19.6. The quantitative estimate of drug-likeness (QED) is 0.915. The number of ether oxygens (including phenoxy) is 1. The second-order valence-corrected chi connectivity index (χ2v) is 4.49. The first-order valence-electron chi connectivity index (χ1n) is 5.95. The minimum Gasteiger partial charge on any atom is -0.497 e. The molecule has 0 aliphatic heterocycles. The van der Waals surface area contributed by atoms with E-state index in [1.807, 2.05) is 18.2 Å². The highest BCUT2D eigenvalue weighted by atomic mass is 16.5. The molecule has 96 valence electrons. The summed E-state index contributed by atoms with van der Waals surface area (Å²) in [6, 6.07) is 16.3. The molecule has 0 radical (unpaired) electrons. The first-order valence-corrected chi connectivity index (χ1v) is 5.95. The van der Waals surface area contributed by atoms with Crippen molar-refractivity contribution in [3.63, 3.8) is 0 Å². The van der Waals surface area contributed by atoms with Gasteiger partial charge in [0.25, 0.3) is 0 Å². The van der Waals surface area contributed by atoms with Crippen molar-refractivity contribution >= 4 is 0 Å². The summed E-state index contributed by atoms with van der Waals surface area (Å²) in [6.07, 6.45) is 0. The topological polar surface area (TPSA) is 53.2 Å². The molecule has 2 rings (SSSR count). The lowest BCUT2D eigenvalue weighted by molar-refractivity contribution is 0.102. The summed E-state index contributed by atoms with van der Waals surface area (Å²) >= 11 is 0. The zero-order chi connectivity index (χ0) is 13.9. The smallest absolute Gasteiger partial charge is 0.118 e. The predicted molar refractivity (Wildman–Crippen MR) is 72.8 cm³/mol. The predicted octanol–water partition coefficient (Wildman–Crippen LogP) is 2.82. The van der Waals surface area contributed by atoms with Crippen LogP contribution in [-0.4, -0.2) is 12.2 Å². The first-order chi connectivity index (χ1) is 9.07. The van der Waals surface area contributed by atoms with Gasteiger partial charge in [0.05, 0.1) is 18.7 Å². The number of rotatable bonds is 3. The van der Waals surface area contributed by atoms with E-state index in [-0.39, 0.29) is 0 Å². The zero-order valence-electron chi connectivity index (χ0n) is 10.9. The fourth-order valence-corrected chi connectivity index (χ4v) is 1.97. The molecule has 0 bridgehead atoms. The molecule has 0 aromatic heterocycles. The molecule has 1 N–H and O–H groups in total. The monoisotopic (exact) mass is 253 g/mol. The van der Waals surface area contributed by atoms with Crippen LogP contribution in [0.5, 0.6) is 5.75 Å². The van der Waals surface area contributed by atoms with Crippen molar-refractivity contribution in [3.05, 3.63) is 65.2 Å². The van der Waals surface area contributed by atoms with E-state index in [1.165, 1.54) is 0 Å². The van der Waals surface area contributed by atoms with Crippen LogP contribution in [-0.2, 0) is 5.60 Å². The maximum atomic E-state index is 10.7. The molecule has 3 nitrogen and oxygen atoms in total. The summed E-state index contributed by atoms with van der Waals surface area (Å²) in [4.78, 5) is 0. The van der Waals surface area contributed by atoms with Crippen LogP contribution in [0, 0.1) is 11.3 Å². The molecular formula is C16H15NO2. The molecule has 2 aromatic rings. The van der Waals surface area contributed by atoms with Gasteiger partial charge in [-0.15, -0.1) is 0 Å². The summed E-state index contributed by atoms with van der Waals surface area (Å²) < 4.78 is 5.10. The number of nitrogens with zero attached hydrogens (tertiary/aromatic N) is 1. The van der Waals surface area contributed by atoms with Gasteiger partial charge in [-0.25, -0.2) is 0 Å². The highest BCUT2D eigenvalue weighted by Gasteiger charge is 2.25. The van der Waals surface area contributed by atoms with Crippen LogP contribution >= 0.6 is 0 Å². The van der Waals surface area contributed by atoms with E-state index >= 15 is 0 Å². The summed E-state index contributed by atoms with van der Waals surface area (Å²) in [5.41, 5.74) is 0.838. The van der Waals surface area contributed by atoms with E-state index in [0.717, 1.165) is 11.3 Å². The molecule has 3 heteroatoms. The van der Waals surface area contributed by atoms with Crippen molar-refractivity contribution in [3.8, 4) is 11.8 Å². The van der Waals surface area contributed by atoms with E-state index in [2.05, 4.69) is 6.07 Å². The molecule has 0 aliphatic carbocycles. The van der Waals surface area contributed by atoms with Crippen molar-refractivity contribution in [1.29, 1.82) is 5.26 Å². The van der Waals surface area contributed by atoms with Gasteiger partial charge in [-0.1, -0.05) is 24.3 Å². The Labute approximate surface area is 112 Å². The Balaban J connectivity index is 2.42. The van der Waals surface area contributed by atoms with E-state index in [4.69, 9.17) is 10.00 Å². The molecule has 0 saturated carbocycles. The van der Waals surface area contributed by atoms with Crippen molar-refractivity contribution in [2.75, 3.05) is 7.11 Å². The maximum absolute atomic E-state index is 10.7. The number of benzene rings is 2. The van der Waals surface area contributed by atoms with Gasteiger partial charge in [-0.3, -0.25) is 0 Å². The maximum Gasteiger partial charge on any atom is 0.118 e. The van der Waals surface area contributed by atoms with Gasteiger partial charge in [0.2, 0.25) is 0 Å². The van der Waals surface area contributed by atoms with Crippen LogP contribution in [0.15, 0.2) is 48.5 Å². The van der Waals surface area contributed by atoms with E-state index < -0.39 is 5.60 Å². The van der Waals surface area contributed by atoms with Crippen LogP contribution < -0.4 is 4.74 Å². The molecule has 2 aromatic carbocycles. The number of hydrogen-bond acceptors (Lipinski definition) is 3. The fraction of sp³-hybridized carbons (Fsp3) is 0.188. The molecular weight excluding hydrogens is 238 g/mol. The van der Waals surface area contributed by atoms with Crippen LogP contribution in [0.1, 0.15) is 23.6 Å². The second-order valence-electron chi connectivity index (χ2n) is 4.49. The highest BCUT2D eigenvalue weighted by molar-refractivity contribution is 5.42. The average Bonchev–Trinajstić information content (AvgIpc) is 2.47. The first kappa shape index (κ1) is 13.1. The summed E-state index contributed by atoms with van der Waals surface area (Å²) in [5.74, 6) is 0.741. The Morgan fingerprint density at radius 1 is 1.11 bits per heavy atom. The van der Waals surface area contributed by atoms with Gasteiger partial charge in [-0.2, -0.15) is 5.26 Å². The normalized spacial score (nSPS) is 13.4. The molecule has 0 saturated heterocycles. The van der Waals surface area contributed by atoms with Crippen molar-refractivity contribution in [2.24, 2.45) is 0 Å². The minimum atomic E-state index is -1.14. The Morgan fingerprint density at radius 3 is 2.37 bits per heavy atom. The standard InChI is InChI=1S/C16H15NO2/c1-16(18,13-6-8-15(19-2)9-7-13)14-5-3-4-12(10-14)11-17/h3-10,18H,1-2H3. The molecule has 0 spiro atoms. The van der Waals surface area contributed by atoms with Gasteiger partial charge in [0.15, 0.2) is 0 Å². The summed E-state index contributed by atoms with van der Waals surface area (Å²) in [7, 11) is 1.60. The largest absolute Gasteiger partial charge is 0.497 e. The average molecular weight is 253 g/mol. The van der Waals surface area contributed by atoms with Gasteiger partial charge in [0.1, 0.15) is 11.4 Å². The van der Waals surface area contributed by atoms with E-state index in [9.17, 15) is 5.11 Å². The molecule has 1 atom stereocenters. The van der Waals surface area contributed by atoms with E-state index in [1.54, 1.807) is 44.4 Å². The van der Waals surface area contributed by atoms with Crippen LogP contribution in [0.2, 0.25) is 0 Å². The number of methoxy groups -OCH3 is 1. The lowest BCUT2D eigenvalue weighted by Gasteiger charge is -2.24. The third-order valence-electron chi connectivity index (χ3n) is 3.21. The van der Waals surface area contributed by atoms with Gasteiger partial charge >= 0.3 is 0 Å². The van der Waals surface area contributed by atoms with Crippen LogP contribution in [0.25, 0.3) is 0 Å². The molecule has 1 unspecified atom stereocenters. The molecule has 0 fully saturated rings. The van der Waals surface area contributed by atoms with Gasteiger partial charge in [0, 0.05) is 0 Å². The van der Waals surface area contributed by atoms with Crippen molar-refractivity contribution < 1.29 is 9.84 Å². The number of hydrogen-bond donors (Lipinski definition) is 1. The molecule has 19 heavy (non-hydrogen) atoms. The molecule has 0 heterocycles. The Hall–Kier alpha value is -2.31. The lowest BCUT2D eigenvalue weighted by atomic mass is 9.87. The fourth-order valence-electron chi connectivity index (χ4n) is 1.97. The van der Waals surface area contributed by atoms with Crippen LogP contribution in [0.3, 0.4) is 0 Å². The third kappa shape index (κ3) is 2.59. The third-order valence-corrected chi connectivity index (χ3v) is 3.21. The van der Waals surface area contributed by atoms with Gasteiger partial charge in [-0.05, 0) is 42.3 Å². The lowest BCUT2D eigenvalue weighted by Crippen LogP contribution is -2.22. The van der Waals surface area contributed by atoms with Crippen LogP contribution in [0.4, 0.5) is 0 Å². The molecule has 0 amide bonds. The van der Waals surface area contributed by atoms with E-state index in [0.29, 0.717) is 11.1 Å². The van der Waals surface area contributed by atoms with Gasteiger partial charge < -0.3 is 9.84 Å². The number of aliphatic hydroxyl groups is 1. The highest BCUT2D eigenvalue weighted by Crippen LogP contribution is 2.30. The van der Waals surface area contributed by atoms with Crippen molar-refractivity contribution in [2.45, 2.75) is 12.5 Å². The SMILES string of the molecule is COc1ccc(C(C)(O)c2cccc(C#N)c2)cc1. The molecule has 0 aliphatic rings. The summed E-state index contributed by atoms with van der Waals surface area (Å²) in [6.45, 7) is 1.71. The Kier molecular flexibility index (Phi) is 3.55. The van der Waals surface area contributed by atoms with Crippen molar-refractivity contribution in [1.82, 2.24) is 0 Å². The Morgan fingerprint density at radius 2 is 1.79 bits per heavy atom. The number of nitriles is 1. The Bertz CT molecular complexity index is 609.